The number of rotatable bonds is 8. The van der Waals surface area contributed by atoms with Crippen LogP contribution in [0.5, 0.6) is 0 Å². The molecule has 0 unspecified atom stereocenters. The number of carbonyl (C=O) groups excluding carboxylic acids is 1. The Morgan fingerprint density at radius 1 is 0.951 bits per heavy atom. The summed E-state index contributed by atoms with van der Waals surface area (Å²) in [5, 5.41) is 3.53. The molecule has 2 heterocycles. The highest BCUT2D eigenvalue weighted by atomic mass is 35.5. The summed E-state index contributed by atoms with van der Waals surface area (Å²) >= 11 is 5.95. The van der Waals surface area contributed by atoms with E-state index in [1.807, 2.05) is 60.9 Å². The van der Waals surface area contributed by atoms with E-state index in [1.54, 1.807) is 53.6 Å². The number of benzene rings is 3. The third-order valence-electron chi connectivity index (χ3n) is 6.70. The second-order valence-electron chi connectivity index (χ2n) is 9.59. The topological polar surface area (TPSA) is 113 Å². The molecule has 0 atom stereocenters. The number of hydrogen-bond donors (Lipinski definition) is 1. The zero-order valence-electron chi connectivity index (χ0n) is 22.9. The Kier molecular flexibility index (Phi) is 7.65. The van der Waals surface area contributed by atoms with Gasteiger partial charge >= 0.3 is 0 Å². The molecule has 3 aromatic carbocycles. The standard InChI is InChI=1S/C29H28ClN7O3S/c1-35(21-12-14-22(15-13-21)41(4,39)40)28-31-17-16-25(32-28)36(2)23-6-5-7-24-27(23)34-29(37(24)3)33-26(38)18-19-8-10-20(30)11-9-19/h5-17H,18H2,1-4H3,(H,33,34,38). The number of aromatic nitrogens is 4. The number of imidazole rings is 1. The van der Waals surface area contributed by atoms with Crippen molar-refractivity contribution in [2.45, 2.75) is 11.3 Å². The van der Waals surface area contributed by atoms with E-state index in [1.165, 1.54) is 6.26 Å². The van der Waals surface area contributed by atoms with E-state index < -0.39 is 9.84 Å². The molecule has 12 heteroatoms. The van der Waals surface area contributed by atoms with Gasteiger partial charge in [0.2, 0.25) is 17.8 Å². The number of amides is 1. The van der Waals surface area contributed by atoms with Crippen LogP contribution in [0.2, 0.25) is 5.02 Å². The van der Waals surface area contributed by atoms with Crippen LogP contribution in [0.3, 0.4) is 0 Å². The molecular formula is C29H28ClN7O3S. The van der Waals surface area contributed by atoms with Crippen molar-refractivity contribution >= 4 is 67.5 Å². The van der Waals surface area contributed by atoms with Crippen molar-refractivity contribution in [3.8, 4) is 0 Å². The maximum Gasteiger partial charge on any atom is 0.231 e. The van der Waals surface area contributed by atoms with Gasteiger partial charge in [-0.2, -0.15) is 4.98 Å². The first-order valence-electron chi connectivity index (χ1n) is 12.6. The number of aryl methyl sites for hydroxylation is 1. The Hall–Kier alpha value is -4.48. The molecule has 210 valence electrons. The minimum atomic E-state index is -3.29. The summed E-state index contributed by atoms with van der Waals surface area (Å²) in [5.74, 6) is 1.31. The van der Waals surface area contributed by atoms with Gasteiger partial charge in [0.1, 0.15) is 11.3 Å². The van der Waals surface area contributed by atoms with Crippen LogP contribution in [0.15, 0.2) is 83.9 Å². The van der Waals surface area contributed by atoms with Crippen molar-refractivity contribution in [3.63, 3.8) is 0 Å². The molecule has 0 aliphatic heterocycles. The summed E-state index contributed by atoms with van der Waals surface area (Å²) in [4.78, 5) is 30.6. The summed E-state index contributed by atoms with van der Waals surface area (Å²) in [7, 11) is 2.26. The molecule has 0 fully saturated rings. The average Bonchev–Trinajstić information content (AvgIpc) is 3.28. The quantitative estimate of drug-likeness (QED) is 0.265. The van der Waals surface area contributed by atoms with Crippen molar-refractivity contribution in [2.24, 2.45) is 7.05 Å². The van der Waals surface area contributed by atoms with Crippen LogP contribution in [-0.2, 0) is 28.1 Å². The van der Waals surface area contributed by atoms with Crippen LogP contribution in [0.4, 0.5) is 29.1 Å². The third-order valence-corrected chi connectivity index (χ3v) is 8.09. The maximum atomic E-state index is 12.8. The van der Waals surface area contributed by atoms with Crippen molar-refractivity contribution < 1.29 is 13.2 Å². The summed E-state index contributed by atoms with van der Waals surface area (Å²) in [6.07, 6.45) is 3.03. The molecular weight excluding hydrogens is 562 g/mol. The molecule has 0 saturated heterocycles. The number of nitrogens with one attached hydrogen (secondary N) is 1. The number of hydrogen-bond acceptors (Lipinski definition) is 8. The number of carbonyl (C=O) groups is 1. The number of nitrogens with zero attached hydrogens (tertiary/aromatic N) is 6. The van der Waals surface area contributed by atoms with E-state index in [0.717, 1.165) is 22.5 Å². The fraction of sp³-hybridized carbons (Fsp3) is 0.172. The maximum absolute atomic E-state index is 12.8. The highest BCUT2D eigenvalue weighted by molar-refractivity contribution is 7.90. The molecule has 41 heavy (non-hydrogen) atoms. The van der Waals surface area contributed by atoms with Crippen LogP contribution in [0, 0.1) is 0 Å². The van der Waals surface area contributed by atoms with E-state index >= 15 is 0 Å². The van der Waals surface area contributed by atoms with Gasteiger partial charge in [-0.3, -0.25) is 10.1 Å². The smallest absolute Gasteiger partial charge is 0.231 e. The summed E-state index contributed by atoms with van der Waals surface area (Å²) < 4.78 is 25.5. The minimum absolute atomic E-state index is 0.186. The molecule has 1 N–H and O–H groups in total. The molecule has 0 saturated carbocycles. The zero-order chi connectivity index (χ0) is 29.3. The van der Waals surface area contributed by atoms with E-state index in [-0.39, 0.29) is 17.2 Å². The lowest BCUT2D eigenvalue weighted by Crippen LogP contribution is -2.17. The Balaban J connectivity index is 1.39. The minimum Gasteiger partial charge on any atom is -0.327 e. The molecule has 0 spiro atoms. The lowest BCUT2D eigenvalue weighted by molar-refractivity contribution is -0.115. The Morgan fingerprint density at radius 2 is 1.66 bits per heavy atom. The molecule has 0 aliphatic carbocycles. The first-order valence-corrected chi connectivity index (χ1v) is 14.9. The van der Waals surface area contributed by atoms with Gasteiger partial charge in [-0.25, -0.2) is 18.4 Å². The summed E-state index contributed by atoms with van der Waals surface area (Å²) in [6, 6.07) is 21.3. The normalized spacial score (nSPS) is 11.4. The monoisotopic (exact) mass is 589 g/mol. The van der Waals surface area contributed by atoms with Crippen LogP contribution in [0.1, 0.15) is 5.56 Å². The lowest BCUT2D eigenvalue weighted by atomic mass is 10.1. The Bertz CT molecular complexity index is 1840. The highest BCUT2D eigenvalue weighted by Gasteiger charge is 2.18. The number of sulfone groups is 1. The van der Waals surface area contributed by atoms with Gasteiger partial charge in [0, 0.05) is 44.3 Å². The van der Waals surface area contributed by atoms with Gasteiger partial charge < -0.3 is 14.4 Å². The van der Waals surface area contributed by atoms with E-state index in [2.05, 4.69) is 10.3 Å². The molecule has 1 amide bonds. The molecule has 2 aromatic heterocycles. The second-order valence-corrected chi connectivity index (χ2v) is 12.0. The highest BCUT2D eigenvalue weighted by Crippen LogP contribution is 2.32. The van der Waals surface area contributed by atoms with E-state index in [9.17, 15) is 13.2 Å². The number of halogens is 1. The first kappa shape index (κ1) is 28.1. The van der Waals surface area contributed by atoms with Gasteiger partial charge in [-0.1, -0.05) is 29.8 Å². The fourth-order valence-electron chi connectivity index (χ4n) is 4.38. The first-order chi connectivity index (χ1) is 19.5. The number of anilines is 5. The molecule has 5 rings (SSSR count). The molecule has 0 bridgehead atoms. The summed E-state index contributed by atoms with van der Waals surface area (Å²) in [6.45, 7) is 0. The fourth-order valence-corrected chi connectivity index (χ4v) is 5.14. The third kappa shape index (κ3) is 6.01. The second kappa shape index (κ2) is 11.2. The predicted octanol–water partition coefficient (Wildman–Crippen LogP) is 5.14. The van der Waals surface area contributed by atoms with Crippen molar-refractivity contribution in [1.82, 2.24) is 19.5 Å². The van der Waals surface area contributed by atoms with Crippen LogP contribution in [0.25, 0.3) is 11.0 Å². The van der Waals surface area contributed by atoms with Crippen LogP contribution >= 0.6 is 11.6 Å². The van der Waals surface area contributed by atoms with Crippen molar-refractivity contribution in [3.05, 3.63) is 89.6 Å². The van der Waals surface area contributed by atoms with Gasteiger partial charge in [-0.05, 0) is 60.2 Å². The van der Waals surface area contributed by atoms with Crippen molar-refractivity contribution in [2.75, 3.05) is 35.5 Å². The van der Waals surface area contributed by atoms with Crippen LogP contribution < -0.4 is 15.1 Å². The average molecular weight is 590 g/mol. The van der Waals surface area contributed by atoms with Gasteiger partial charge in [0.15, 0.2) is 9.84 Å². The number of para-hydroxylation sites is 1. The molecule has 10 nitrogen and oxygen atoms in total. The lowest BCUT2D eigenvalue weighted by Gasteiger charge is -2.22. The van der Waals surface area contributed by atoms with Crippen LogP contribution in [-0.4, -0.2) is 54.2 Å². The number of fused-ring (bicyclic) bond motifs is 1. The molecule has 0 radical (unpaired) electrons. The van der Waals surface area contributed by atoms with Crippen molar-refractivity contribution in [1.29, 1.82) is 0 Å². The Morgan fingerprint density at radius 3 is 2.34 bits per heavy atom. The Labute approximate surface area is 243 Å². The van der Waals surface area contributed by atoms with E-state index in [0.29, 0.717) is 28.3 Å². The SMILES string of the molecule is CN(c1ccc(S(C)(=O)=O)cc1)c1nccc(N(C)c2cccc3c2nc(NC(=O)Cc2ccc(Cl)cc2)n3C)n1. The summed E-state index contributed by atoms with van der Waals surface area (Å²) in [5.41, 5.74) is 3.92. The van der Waals surface area contributed by atoms with Gasteiger partial charge in [-0.15, -0.1) is 0 Å². The van der Waals surface area contributed by atoms with Gasteiger partial charge in [0.25, 0.3) is 0 Å². The largest absolute Gasteiger partial charge is 0.327 e. The van der Waals surface area contributed by atoms with E-state index in [4.69, 9.17) is 21.6 Å². The van der Waals surface area contributed by atoms with Gasteiger partial charge in [0.05, 0.1) is 22.5 Å². The molecule has 5 aromatic rings. The predicted molar refractivity (Wildman–Crippen MR) is 162 cm³/mol. The molecule has 0 aliphatic rings. The zero-order valence-corrected chi connectivity index (χ0v) is 24.5.